The Morgan fingerprint density at radius 2 is 1.88 bits per heavy atom. The zero-order valence-corrected chi connectivity index (χ0v) is 14.8. The van der Waals surface area contributed by atoms with Gasteiger partial charge in [-0.15, -0.1) is 0 Å². The highest BCUT2D eigenvalue weighted by molar-refractivity contribution is 5.76. The molecule has 4 heteroatoms. The van der Waals surface area contributed by atoms with Crippen LogP contribution in [0.4, 0.5) is 9.18 Å². The molecule has 0 aromatic heterocycles. The molecule has 0 radical (unpaired) electrons. The molecule has 3 nitrogen and oxygen atoms in total. The lowest BCUT2D eigenvalue weighted by Crippen LogP contribution is -2.35. The van der Waals surface area contributed by atoms with E-state index in [1.807, 2.05) is 19.1 Å². The van der Waals surface area contributed by atoms with Gasteiger partial charge in [0.25, 0.3) is 0 Å². The van der Waals surface area contributed by atoms with Crippen molar-refractivity contribution in [2.45, 2.75) is 47.2 Å². The molecule has 0 aliphatic carbocycles. The second-order valence-corrected chi connectivity index (χ2v) is 6.19. The van der Waals surface area contributed by atoms with Crippen molar-refractivity contribution in [2.24, 2.45) is 0 Å². The monoisotopic (exact) mass is 328 g/mol. The summed E-state index contributed by atoms with van der Waals surface area (Å²) in [6.45, 7) is 9.07. The van der Waals surface area contributed by atoms with Crippen molar-refractivity contribution in [1.29, 1.82) is 0 Å². The zero-order chi connectivity index (χ0) is 17.7. The average molecular weight is 328 g/mol. The van der Waals surface area contributed by atoms with Crippen LogP contribution in [0.2, 0.25) is 0 Å². The lowest BCUT2D eigenvalue weighted by Gasteiger charge is -2.16. The molecule has 2 amide bonds. The molecule has 128 valence electrons. The number of allylic oxidation sites excluding steroid dienone is 6. The van der Waals surface area contributed by atoms with Crippen LogP contribution >= 0.6 is 0 Å². The van der Waals surface area contributed by atoms with E-state index in [2.05, 4.69) is 32.2 Å². The fourth-order valence-electron chi connectivity index (χ4n) is 2.64. The first-order valence-corrected chi connectivity index (χ1v) is 8.26. The van der Waals surface area contributed by atoms with E-state index in [9.17, 15) is 9.18 Å². The fourth-order valence-corrected chi connectivity index (χ4v) is 2.64. The van der Waals surface area contributed by atoms with Crippen molar-refractivity contribution in [3.8, 4) is 0 Å². The number of benzene rings is 1. The van der Waals surface area contributed by atoms with Crippen molar-refractivity contribution in [1.82, 2.24) is 10.2 Å². The normalized spacial score (nSPS) is 15.5. The molecule has 1 aromatic rings. The largest absolute Gasteiger partial charge is 0.322 e. The number of urea groups is 1. The number of rotatable bonds is 4. The highest BCUT2D eigenvalue weighted by Crippen LogP contribution is 2.23. The molecule has 0 unspecified atom stereocenters. The standard InChI is InChI=1S/C20H25FN2O/c1-5-6-14(2)15(3)7-8-16(4)22-20(24)23-12-17-9-10-19(21)11-18(17)13-23/h6-11H,5,12-13H2,1-4H3,(H,22,24)/b14-6+,15-7+,16-8+. The molecule has 2 rings (SSSR count). The van der Waals surface area contributed by atoms with Crippen LogP contribution in [-0.2, 0) is 13.1 Å². The SMILES string of the molecule is CC/C=C(C)/C(C)=C/C=C(\C)NC(=O)N1Cc2ccc(F)cc2C1. The van der Waals surface area contributed by atoms with E-state index in [0.29, 0.717) is 13.1 Å². The molecule has 0 atom stereocenters. The molecular formula is C20H25FN2O. The van der Waals surface area contributed by atoms with Crippen LogP contribution in [0.5, 0.6) is 0 Å². The Labute approximate surface area is 143 Å². The molecule has 1 heterocycles. The Bertz CT molecular complexity index is 716. The van der Waals surface area contributed by atoms with Gasteiger partial charge in [-0.1, -0.05) is 30.7 Å². The van der Waals surface area contributed by atoms with Crippen molar-refractivity contribution >= 4 is 6.03 Å². The third kappa shape index (κ3) is 4.57. The Morgan fingerprint density at radius 3 is 2.58 bits per heavy atom. The van der Waals surface area contributed by atoms with E-state index >= 15 is 0 Å². The number of carbonyl (C=O) groups is 1. The molecule has 1 aliphatic rings. The highest BCUT2D eigenvalue weighted by atomic mass is 19.1. The van der Waals surface area contributed by atoms with Crippen molar-refractivity contribution in [3.63, 3.8) is 0 Å². The van der Waals surface area contributed by atoms with E-state index in [0.717, 1.165) is 23.2 Å². The summed E-state index contributed by atoms with van der Waals surface area (Å²) in [7, 11) is 0. The maximum absolute atomic E-state index is 13.3. The number of hydrogen-bond donors (Lipinski definition) is 1. The van der Waals surface area contributed by atoms with Gasteiger partial charge in [-0.2, -0.15) is 0 Å². The average Bonchev–Trinajstić information content (AvgIpc) is 2.96. The van der Waals surface area contributed by atoms with Crippen LogP contribution in [0.15, 0.2) is 53.3 Å². The minimum Gasteiger partial charge on any atom is -0.316 e. The summed E-state index contributed by atoms with van der Waals surface area (Å²) >= 11 is 0. The Kier molecular flexibility index (Phi) is 5.96. The van der Waals surface area contributed by atoms with Gasteiger partial charge in [0, 0.05) is 18.8 Å². The van der Waals surface area contributed by atoms with Crippen molar-refractivity contribution in [2.75, 3.05) is 0 Å². The van der Waals surface area contributed by atoms with Crippen LogP contribution in [0, 0.1) is 5.82 Å². The molecule has 1 aliphatic heterocycles. The smallest absolute Gasteiger partial charge is 0.316 e. The second kappa shape index (κ2) is 7.95. The van der Waals surface area contributed by atoms with Crippen LogP contribution in [0.3, 0.4) is 0 Å². The summed E-state index contributed by atoms with van der Waals surface area (Å²) in [6, 6.07) is 4.52. The van der Waals surface area contributed by atoms with Crippen LogP contribution < -0.4 is 5.32 Å². The third-order valence-electron chi connectivity index (χ3n) is 4.20. The third-order valence-corrected chi connectivity index (χ3v) is 4.20. The van der Waals surface area contributed by atoms with E-state index in [4.69, 9.17) is 0 Å². The minimum absolute atomic E-state index is 0.160. The van der Waals surface area contributed by atoms with Gasteiger partial charge in [0.15, 0.2) is 0 Å². The number of nitrogens with zero attached hydrogens (tertiary/aromatic N) is 1. The Morgan fingerprint density at radius 1 is 1.17 bits per heavy atom. The maximum atomic E-state index is 13.3. The number of fused-ring (bicyclic) bond motifs is 1. The van der Waals surface area contributed by atoms with Gasteiger partial charge >= 0.3 is 6.03 Å². The number of hydrogen-bond acceptors (Lipinski definition) is 1. The molecular weight excluding hydrogens is 303 g/mol. The molecule has 0 spiro atoms. The van der Waals surface area contributed by atoms with Gasteiger partial charge in [-0.3, -0.25) is 0 Å². The predicted molar refractivity (Wildman–Crippen MR) is 95.7 cm³/mol. The number of amides is 2. The Hall–Kier alpha value is -2.36. The van der Waals surface area contributed by atoms with Gasteiger partial charge in [0.1, 0.15) is 5.82 Å². The maximum Gasteiger partial charge on any atom is 0.322 e. The molecule has 0 saturated heterocycles. The first-order chi connectivity index (χ1) is 11.4. The van der Waals surface area contributed by atoms with Crippen molar-refractivity contribution in [3.05, 3.63) is 70.2 Å². The minimum atomic E-state index is -0.261. The topological polar surface area (TPSA) is 32.3 Å². The zero-order valence-electron chi connectivity index (χ0n) is 14.8. The molecule has 1 N–H and O–H groups in total. The predicted octanol–water partition coefficient (Wildman–Crippen LogP) is 5.06. The molecule has 0 fully saturated rings. The summed E-state index contributed by atoms with van der Waals surface area (Å²) in [5.74, 6) is -0.261. The molecule has 0 saturated carbocycles. The summed E-state index contributed by atoms with van der Waals surface area (Å²) in [6.07, 6.45) is 7.09. The van der Waals surface area contributed by atoms with Gasteiger partial charge < -0.3 is 10.2 Å². The number of nitrogens with one attached hydrogen (secondary N) is 1. The second-order valence-electron chi connectivity index (χ2n) is 6.19. The summed E-state index contributed by atoms with van der Waals surface area (Å²) in [5.41, 5.74) is 5.08. The van der Waals surface area contributed by atoms with E-state index in [1.165, 1.54) is 23.3 Å². The van der Waals surface area contributed by atoms with Crippen molar-refractivity contribution < 1.29 is 9.18 Å². The summed E-state index contributed by atoms with van der Waals surface area (Å²) in [5, 5.41) is 2.89. The van der Waals surface area contributed by atoms with Crippen LogP contribution in [-0.4, -0.2) is 10.9 Å². The Balaban J connectivity index is 1.97. The van der Waals surface area contributed by atoms with E-state index in [1.54, 1.807) is 11.0 Å². The van der Waals surface area contributed by atoms with E-state index < -0.39 is 0 Å². The van der Waals surface area contributed by atoms with Gasteiger partial charge in [0.2, 0.25) is 0 Å². The fraction of sp³-hybridized carbons (Fsp3) is 0.350. The van der Waals surface area contributed by atoms with Gasteiger partial charge in [-0.25, -0.2) is 9.18 Å². The lowest BCUT2D eigenvalue weighted by atomic mass is 10.1. The lowest BCUT2D eigenvalue weighted by molar-refractivity contribution is 0.201. The van der Waals surface area contributed by atoms with Crippen LogP contribution in [0.1, 0.15) is 45.2 Å². The highest BCUT2D eigenvalue weighted by Gasteiger charge is 2.23. The van der Waals surface area contributed by atoms with Crippen LogP contribution in [0.25, 0.3) is 0 Å². The van der Waals surface area contributed by atoms with Gasteiger partial charge in [-0.05, 0) is 62.1 Å². The first kappa shape index (κ1) is 18.0. The molecule has 24 heavy (non-hydrogen) atoms. The molecule has 1 aromatic carbocycles. The summed E-state index contributed by atoms with van der Waals surface area (Å²) < 4.78 is 13.3. The quantitative estimate of drug-likeness (QED) is 0.770. The number of carbonyl (C=O) groups excluding carboxylic acids is 1. The molecule has 0 bridgehead atoms. The van der Waals surface area contributed by atoms with E-state index in [-0.39, 0.29) is 11.8 Å². The van der Waals surface area contributed by atoms with Gasteiger partial charge in [0.05, 0.1) is 0 Å². The first-order valence-electron chi connectivity index (χ1n) is 8.26. The summed E-state index contributed by atoms with van der Waals surface area (Å²) in [4.78, 5) is 14.0. The number of halogens is 1.